The van der Waals surface area contributed by atoms with Crippen LogP contribution in [0.25, 0.3) is 0 Å². The highest BCUT2D eigenvalue weighted by Gasteiger charge is 2.60. The van der Waals surface area contributed by atoms with Gasteiger partial charge in [-0.3, -0.25) is 9.69 Å². The lowest BCUT2D eigenvalue weighted by Gasteiger charge is -2.24. The lowest BCUT2D eigenvalue weighted by molar-refractivity contribution is -0.114. The van der Waals surface area contributed by atoms with Gasteiger partial charge < -0.3 is 14.5 Å². The maximum Gasteiger partial charge on any atom is 0.338 e. The van der Waals surface area contributed by atoms with Gasteiger partial charge in [0, 0.05) is 62.5 Å². The topological polar surface area (TPSA) is 70.2 Å². The van der Waals surface area contributed by atoms with Gasteiger partial charge in [0.2, 0.25) is 0 Å². The van der Waals surface area contributed by atoms with Gasteiger partial charge in [-0.1, -0.05) is 12.1 Å². The number of ether oxygens (including phenoxy) is 1. The Balaban J connectivity index is 1.02. The Kier molecular flexibility index (Phi) is 4.03. The minimum atomic E-state index is -0.215. The van der Waals surface area contributed by atoms with Crippen molar-refractivity contribution >= 4 is 17.8 Å². The average Bonchev–Trinajstić information content (AvgIpc) is 3.26. The summed E-state index contributed by atoms with van der Waals surface area (Å²) in [6.07, 6.45) is 3.85. The van der Waals surface area contributed by atoms with E-state index in [4.69, 9.17) is 4.74 Å². The minimum absolute atomic E-state index is 0.0943. The number of allylic oxidation sites excluding steroid dienone is 2. The number of nitrogens with zero attached hydrogens (tertiary/aromatic N) is 3. The predicted octanol–water partition coefficient (Wildman–Crippen LogP) is 1.81. The number of carbonyl (C=O) groups excluding carboxylic acids is 3. The molecule has 0 bridgehead atoms. The molecule has 7 heteroatoms. The van der Waals surface area contributed by atoms with Crippen molar-refractivity contribution in [1.29, 1.82) is 0 Å². The van der Waals surface area contributed by atoms with E-state index in [9.17, 15) is 14.4 Å². The Labute approximate surface area is 175 Å². The molecule has 1 aromatic rings. The molecule has 156 valence electrons. The molecule has 2 saturated heterocycles. The molecular formula is C23H25N3O4. The molecule has 2 atom stereocenters. The average molecular weight is 407 g/mol. The number of likely N-dealkylation sites (tertiary alicyclic amines) is 1. The van der Waals surface area contributed by atoms with Crippen LogP contribution in [0.5, 0.6) is 0 Å². The Hall–Kier alpha value is -2.67. The molecular weight excluding hydrogens is 382 g/mol. The summed E-state index contributed by atoms with van der Waals surface area (Å²) < 4.78 is 5.09. The fraction of sp³-hybridized carbons (Fsp3) is 0.522. The number of rotatable bonds is 5. The quantitative estimate of drug-likeness (QED) is 0.697. The van der Waals surface area contributed by atoms with Crippen molar-refractivity contribution in [3.8, 4) is 0 Å². The fourth-order valence-electron chi connectivity index (χ4n) is 5.75. The van der Waals surface area contributed by atoms with Crippen LogP contribution in [0.3, 0.4) is 0 Å². The Morgan fingerprint density at radius 1 is 1.03 bits per heavy atom. The van der Waals surface area contributed by atoms with Crippen LogP contribution in [0.1, 0.15) is 34.3 Å². The van der Waals surface area contributed by atoms with E-state index in [1.54, 1.807) is 6.08 Å². The van der Waals surface area contributed by atoms with E-state index in [1.807, 2.05) is 21.9 Å². The molecule has 3 fully saturated rings. The van der Waals surface area contributed by atoms with Crippen LogP contribution in [0.15, 0.2) is 30.0 Å². The minimum Gasteiger partial charge on any atom is -0.457 e. The zero-order valence-corrected chi connectivity index (χ0v) is 16.9. The monoisotopic (exact) mass is 407 g/mol. The molecule has 2 unspecified atom stereocenters. The first-order chi connectivity index (χ1) is 14.6. The number of cyclic esters (lactones) is 1. The van der Waals surface area contributed by atoms with E-state index in [-0.39, 0.29) is 17.8 Å². The van der Waals surface area contributed by atoms with Gasteiger partial charge in [0.25, 0.3) is 0 Å². The summed E-state index contributed by atoms with van der Waals surface area (Å²) in [7, 11) is 0. The first-order valence-electron chi connectivity index (χ1n) is 10.9. The molecule has 2 aliphatic carbocycles. The van der Waals surface area contributed by atoms with Crippen molar-refractivity contribution in [2.75, 3.05) is 32.7 Å². The summed E-state index contributed by atoms with van der Waals surface area (Å²) in [6, 6.07) is 6.48. The summed E-state index contributed by atoms with van der Waals surface area (Å²) in [6.45, 7) is 4.98. The first kappa shape index (κ1) is 18.1. The van der Waals surface area contributed by atoms with Gasteiger partial charge in [-0.25, -0.2) is 9.59 Å². The molecule has 2 amide bonds. The van der Waals surface area contributed by atoms with E-state index in [0.29, 0.717) is 49.4 Å². The van der Waals surface area contributed by atoms with Crippen molar-refractivity contribution in [2.45, 2.75) is 31.9 Å². The van der Waals surface area contributed by atoms with Crippen molar-refractivity contribution < 1.29 is 19.1 Å². The normalized spacial score (nSPS) is 30.1. The molecule has 3 aliphatic heterocycles. The SMILES string of the molecule is O=C1C=C(N2CCN(C3C4CN(CCc5ccc6c(c5)COC6=O)CC43)C2=O)CC1. The van der Waals surface area contributed by atoms with Gasteiger partial charge in [-0.05, 0) is 36.3 Å². The van der Waals surface area contributed by atoms with E-state index in [0.717, 1.165) is 43.9 Å². The van der Waals surface area contributed by atoms with Gasteiger partial charge in [-0.2, -0.15) is 0 Å². The Morgan fingerprint density at radius 3 is 2.63 bits per heavy atom. The molecule has 3 heterocycles. The Morgan fingerprint density at radius 2 is 1.87 bits per heavy atom. The summed E-state index contributed by atoms with van der Waals surface area (Å²) in [5, 5.41) is 0. The van der Waals surface area contributed by atoms with Gasteiger partial charge in [0.05, 0.1) is 5.56 Å². The van der Waals surface area contributed by atoms with E-state index in [2.05, 4.69) is 11.0 Å². The number of carbonyl (C=O) groups is 3. The smallest absolute Gasteiger partial charge is 0.338 e. The summed E-state index contributed by atoms with van der Waals surface area (Å²) >= 11 is 0. The van der Waals surface area contributed by atoms with Crippen LogP contribution in [0.4, 0.5) is 4.79 Å². The number of urea groups is 1. The molecule has 1 aromatic carbocycles. The summed E-state index contributed by atoms with van der Waals surface area (Å²) in [5.74, 6) is 1.09. The molecule has 0 N–H and O–H groups in total. The van der Waals surface area contributed by atoms with Crippen LogP contribution < -0.4 is 0 Å². The van der Waals surface area contributed by atoms with Crippen molar-refractivity contribution in [3.05, 3.63) is 46.7 Å². The second-order valence-corrected chi connectivity index (χ2v) is 9.13. The van der Waals surface area contributed by atoms with Crippen LogP contribution in [0.2, 0.25) is 0 Å². The molecule has 5 aliphatic rings. The van der Waals surface area contributed by atoms with Gasteiger partial charge >= 0.3 is 12.0 Å². The van der Waals surface area contributed by atoms with Crippen molar-refractivity contribution in [2.24, 2.45) is 11.8 Å². The van der Waals surface area contributed by atoms with Crippen molar-refractivity contribution in [3.63, 3.8) is 0 Å². The number of amides is 2. The van der Waals surface area contributed by atoms with Crippen LogP contribution in [-0.2, 0) is 22.6 Å². The zero-order valence-electron chi connectivity index (χ0n) is 16.9. The highest BCUT2D eigenvalue weighted by molar-refractivity contribution is 5.94. The zero-order chi connectivity index (χ0) is 20.4. The summed E-state index contributed by atoms with van der Waals surface area (Å²) in [5.41, 5.74) is 3.85. The third-order valence-electron chi connectivity index (χ3n) is 7.39. The van der Waals surface area contributed by atoms with E-state index >= 15 is 0 Å². The molecule has 0 radical (unpaired) electrons. The number of piperidine rings is 1. The predicted molar refractivity (Wildman–Crippen MR) is 108 cm³/mol. The standard InChI is InChI=1S/C23H25N3O4/c27-17-3-2-16(10-17)25-7-8-26(23(25)29)21-19-11-24(12-20(19)21)6-5-14-1-4-18-15(9-14)13-30-22(18)28/h1,4,9-10,19-21H,2-3,5-8,11-13H2. The number of ketones is 1. The third kappa shape index (κ3) is 2.87. The summed E-state index contributed by atoms with van der Waals surface area (Å²) in [4.78, 5) is 42.3. The van der Waals surface area contributed by atoms with E-state index in [1.165, 1.54) is 5.56 Å². The van der Waals surface area contributed by atoms with Crippen LogP contribution in [0, 0.1) is 11.8 Å². The largest absolute Gasteiger partial charge is 0.457 e. The molecule has 0 spiro atoms. The van der Waals surface area contributed by atoms with Gasteiger partial charge in [0.15, 0.2) is 5.78 Å². The highest BCUT2D eigenvalue weighted by atomic mass is 16.5. The molecule has 1 saturated carbocycles. The molecule has 7 nitrogen and oxygen atoms in total. The maximum atomic E-state index is 12.9. The molecule has 6 rings (SSSR count). The highest BCUT2D eigenvalue weighted by Crippen LogP contribution is 2.50. The lowest BCUT2D eigenvalue weighted by atomic mass is 10.0. The Bertz CT molecular complexity index is 975. The lowest BCUT2D eigenvalue weighted by Crippen LogP contribution is -2.38. The van der Waals surface area contributed by atoms with Crippen molar-refractivity contribution in [1.82, 2.24) is 14.7 Å². The number of hydrogen-bond acceptors (Lipinski definition) is 5. The molecule has 30 heavy (non-hydrogen) atoms. The maximum absolute atomic E-state index is 12.9. The number of hydrogen-bond donors (Lipinski definition) is 0. The second kappa shape index (κ2) is 6.67. The van der Waals surface area contributed by atoms with Gasteiger partial charge in [-0.15, -0.1) is 0 Å². The third-order valence-corrected chi connectivity index (χ3v) is 7.39. The van der Waals surface area contributed by atoms with Crippen LogP contribution in [-0.4, -0.2) is 71.2 Å². The van der Waals surface area contributed by atoms with E-state index < -0.39 is 0 Å². The number of fused-ring (bicyclic) bond motifs is 2. The first-order valence-corrected chi connectivity index (χ1v) is 10.9. The van der Waals surface area contributed by atoms with Crippen LogP contribution >= 0.6 is 0 Å². The number of benzene rings is 1. The van der Waals surface area contributed by atoms with Gasteiger partial charge in [0.1, 0.15) is 6.61 Å². The number of esters is 1. The molecule has 0 aromatic heterocycles. The fourth-order valence-corrected chi connectivity index (χ4v) is 5.75. The second-order valence-electron chi connectivity index (χ2n) is 9.13.